The number of hydrogen-bond acceptors (Lipinski definition) is 5. The molecule has 0 amide bonds. The van der Waals surface area contributed by atoms with Crippen molar-refractivity contribution >= 4 is 16.9 Å². The van der Waals surface area contributed by atoms with Gasteiger partial charge in [0.05, 0.1) is 6.61 Å². The van der Waals surface area contributed by atoms with Gasteiger partial charge < -0.3 is 15.0 Å². The topological polar surface area (TPSA) is 36.9 Å². The minimum atomic E-state index is 0.722. The van der Waals surface area contributed by atoms with Gasteiger partial charge in [0.25, 0.3) is 0 Å². The van der Waals surface area contributed by atoms with Crippen molar-refractivity contribution in [3.63, 3.8) is 0 Å². The van der Waals surface area contributed by atoms with Crippen LogP contribution in [0.15, 0.2) is 4.99 Å². The fourth-order valence-corrected chi connectivity index (χ4v) is 2.30. The van der Waals surface area contributed by atoms with Crippen LogP contribution in [0.25, 0.3) is 0 Å². The zero-order valence-corrected chi connectivity index (χ0v) is 11.3. The number of nitrogens with zero attached hydrogens (tertiary/aromatic N) is 2. The summed E-state index contributed by atoms with van der Waals surface area (Å²) >= 11 is 1.84. The summed E-state index contributed by atoms with van der Waals surface area (Å²) in [7, 11) is 3.85. The number of nitrogens with one attached hydrogen (secondary N) is 1. The van der Waals surface area contributed by atoms with Gasteiger partial charge >= 0.3 is 0 Å². The zero-order valence-electron chi connectivity index (χ0n) is 10.5. The summed E-state index contributed by atoms with van der Waals surface area (Å²) < 4.78 is 5.03. The maximum Gasteiger partial charge on any atom is 0.156 e. The molecule has 1 N–H and O–H groups in total. The molecule has 0 saturated carbocycles. The van der Waals surface area contributed by atoms with Crippen molar-refractivity contribution in [1.29, 1.82) is 0 Å². The van der Waals surface area contributed by atoms with Crippen molar-refractivity contribution in [2.75, 3.05) is 52.7 Å². The van der Waals surface area contributed by atoms with E-state index in [2.05, 4.69) is 29.2 Å². The van der Waals surface area contributed by atoms with Gasteiger partial charge in [-0.25, -0.2) is 0 Å². The van der Waals surface area contributed by atoms with Gasteiger partial charge in [-0.2, -0.15) is 0 Å². The van der Waals surface area contributed by atoms with Crippen LogP contribution in [0, 0.1) is 5.92 Å². The number of amidine groups is 1. The SMILES string of the molecule is COCCN(C)CCNC1=NCC(C)CS1. The lowest BCUT2D eigenvalue weighted by atomic mass is 10.2. The van der Waals surface area contributed by atoms with Crippen molar-refractivity contribution in [2.24, 2.45) is 10.9 Å². The summed E-state index contributed by atoms with van der Waals surface area (Å²) in [6, 6.07) is 0. The van der Waals surface area contributed by atoms with Crippen molar-refractivity contribution in [3.8, 4) is 0 Å². The van der Waals surface area contributed by atoms with E-state index in [1.165, 1.54) is 5.75 Å². The number of ether oxygens (including phenoxy) is 1. The average Bonchev–Trinajstić information content (AvgIpc) is 2.29. The fraction of sp³-hybridized carbons (Fsp3) is 0.909. The van der Waals surface area contributed by atoms with E-state index in [9.17, 15) is 0 Å². The van der Waals surface area contributed by atoms with Crippen LogP contribution in [0.2, 0.25) is 0 Å². The molecular weight excluding hydrogens is 222 g/mol. The first-order chi connectivity index (χ1) is 7.72. The van der Waals surface area contributed by atoms with Gasteiger partial charge in [0, 0.05) is 39.0 Å². The zero-order chi connectivity index (χ0) is 11.8. The molecule has 1 rings (SSSR count). The second kappa shape index (κ2) is 7.92. The Morgan fingerprint density at radius 1 is 1.56 bits per heavy atom. The molecule has 1 atom stereocenters. The molecule has 1 heterocycles. The molecule has 0 aromatic heterocycles. The lowest BCUT2D eigenvalue weighted by molar-refractivity contribution is 0.162. The van der Waals surface area contributed by atoms with Crippen molar-refractivity contribution in [3.05, 3.63) is 0 Å². The first-order valence-electron chi connectivity index (χ1n) is 5.81. The van der Waals surface area contributed by atoms with Crippen LogP contribution >= 0.6 is 11.8 Å². The molecule has 1 aliphatic rings. The normalized spacial score (nSPS) is 21.0. The first kappa shape index (κ1) is 13.8. The fourth-order valence-electron chi connectivity index (χ4n) is 1.38. The number of hydrogen-bond donors (Lipinski definition) is 1. The standard InChI is InChI=1S/C11H23N3OS/c1-10-8-13-11(16-9-10)12-4-5-14(2)6-7-15-3/h10H,4-9H2,1-3H3,(H,12,13). The molecule has 94 valence electrons. The van der Waals surface area contributed by atoms with Gasteiger partial charge in [0.15, 0.2) is 5.17 Å². The van der Waals surface area contributed by atoms with E-state index in [-0.39, 0.29) is 0 Å². The summed E-state index contributed by atoms with van der Waals surface area (Å²) in [5, 5.41) is 4.49. The molecule has 1 unspecified atom stereocenters. The van der Waals surface area contributed by atoms with Gasteiger partial charge in [-0.1, -0.05) is 18.7 Å². The largest absolute Gasteiger partial charge is 0.383 e. The molecule has 0 aliphatic carbocycles. The average molecular weight is 245 g/mol. The summed E-state index contributed by atoms with van der Waals surface area (Å²) in [6.07, 6.45) is 0. The van der Waals surface area contributed by atoms with Crippen LogP contribution in [-0.4, -0.2) is 62.8 Å². The molecule has 0 radical (unpaired) electrons. The summed E-state index contributed by atoms with van der Waals surface area (Å²) in [5.41, 5.74) is 0. The minimum absolute atomic E-state index is 0.722. The highest BCUT2D eigenvalue weighted by atomic mass is 32.2. The van der Waals surface area contributed by atoms with Crippen molar-refractivity contribution in [1.82, 2.24) is 10.2 Å². The molecule has 5 heteroatoms. The van der Waals surface area contributed by atoms with E-state index in [4.69, 9.17) is 4.74 Å². The molecule has 0 spiro atoms. The Kier molecular flexibility index (Phi) is 6.84. The number of likely N-dealkylation sites (N-methyl/N-ethyl adjacent to an activating group) is 1. The molecule has 0 saturated heterocycles. The van der Waals surface area contributed by atoms with E-state index in [0.29, 0.717) is 0 Å². The smallest absolute Gasteiger partial charge is 0.156 e. The second-order valence-electron chi connectivity index (χ2n) is 4.28. The van der Waals surface area contributed by atoms with Crippen LogP contribution in [-0.2, 0) is 4.74 Å². The van der Waals surface area contributed by atoms with Gasteiger partial charge in [0.2, 0.25) is 0 Å². The number of aliphatic imine (C=N–C) groups is 1. The predicted molar refractivity (Wildman–Crippen MR) is 71.3 cm³/mol. The van der Waals surface area contributed by atoms with E-state index in [1.54, 1.807) is 7.11 Å². The molecule has 4 nitrogen and oxygen atoms in total. The quantitative estimate of drug-likeness (QED) is 0.754. The number of thioether (sulfide) groups is 1. The first-order valence-corrected chi connectivity index (χ1v) is 6.79. The molecular formula is C11H23N3OS. The van der Waals surface area contributed by atoms with E-state index in [1.807, 2.05) is 11.8 Å². The van der Waals surface area contributed by atoms with E-state index >= 15 is 0 Å². The van der Waals surface area contributed by atoms with Gasteiger partial charge in [0.1, 0.15) is 0 Å². The van der Waals surface area contributed by atoms with Gasteiger partial charge in [-0.15, -0.1) is 0 Å². The molecule has 16 heavy (non-hydrogen) atoms. The third-order valence-corrected chi connectivity index (χ3v) is 3.78. The number of methoxy groups -OCH3 is 1. The Hall–Kier alpha value is -0.260. The van der Waals surface area contributed by atoms with Crippen LogP contribution < -0.4 is 5.32 Å². The molecule has 1 aliphatic heterocycles. The number of rotatable bonds is 6. The third kappa shape index (κ3) is 5.72. The van der Waals surface area contributed by atoms with Crippen LogP contribution in [0.5, 0.6) is 0 Å². The summed E-state index contributed by atoms with van der Waals surface area (Å²) in [5.74, 6) is 1.91. The second-order valence-corrected chi connectivity index (χ2v) is 5.29. The van der Waals surface area contributed by atoms with Crippen LogP contribution in [0.4, 0.5) is 0 Å². The highest BCUT2D eigenvalue weighted by Crippen LogP contribution is 2.15. The Balaban J connectivity index is 2.06. The van der Waals surface area contributed by atoms with Gasteiger partial charge in [-0.3, -0.25) is 4.99 Å². The van der Waals surface area contributed by atoms with Crippen LogP contribution in [0.1, 0.15) is 6.92 Å². The van der Waals surface area contributed by atoms with Crippen LogP contribution in [0.3, 0.4) is 0 Å². The Morgan fingerprint density at radius 3 is 3.00 bits per heavy atom. The van der Waals surface area contributed by atoms with Gasteiger partial charge in [-0.05, 0) is 13.0 Å². The monoisotopic (exact) mass is 245 g/mol. The highest BCUT2D eigenvalue weighted by molar-refractivity contribution is 8.13. The lowest BCUT2D eigenvalue weighted by Crippen LogP contribution is -2.34. The molecule has 0 aromatic rings. The lowest BCUT2D eigenvalue weighted by Gasteiger charge is -2.20. The maximum absolute atomic E-state index is 5.03. The molecule has 0 bridgehead atoms. The molecule has 0 fully saturated rings. The maximum atomic E-state index is 5.03. The van der Waals surface area contributed by atoms with Crippen molar-refractivity contribution < 1.29 is 4.74 Å². The highest BCUT2D eigenvalue weighted by Gasteiger charge is 2.11. The Labute approximate surface area is 103 Å². The summed E-state index contributed by atoms with van der Waals surface area (Å²) in [4.78, 5) is 6.75. The van der Waals surface area contributed by atoms with E-state index in [0.717, 1.165) is 43.9 Å². The molecule has 0 aromatic carbocycles. The van der Waals surface area contributed by atoms with Crippen molar-refractivity contribution in [2.45, 2.75) is 6.92 Å². The third-order valence-electron chi connectivity index (χ3n) is 2.50. The predicted octanol–water partition coefficient (Wildman–Crippen LogP) is 0.893. The minimum Gasteiger partial charge on any atom is -0.383 e. The Morgan fingerprint density at radius 2 is 2.38 bits per heavy atom. The van der Waals surface area contributed by atoms with E-state index < -0.39 is 0 Å². The summed E-state index contributed by atoms with van der Waals surface area (Å²) in [6.45, 7) is 6.97. The Bertz CT molecular complexity index is 223.